The predicted molar refractivity (Wildman–Crippen MR) is 285 cm³/mol. The molecule has 0 N–H and O–H groups in total. The Kier molecular flexibility index (Phi) is 12.2. The number of pyridine rings is 1. The number of nitrogens with zero attached hydrogens (tertiary/aromatic N) is 3. The molecule has 2 heterocycles. The van der Waals surface area contributed by atoms with Crippen LogP contribution in [0.4, 0.5) is 0 Å². The number of halogens is 1. The first-order chi connectivity index (χ1) is 30.2. The van der Waals surface area contributed by atoms with E-state index in [0.717, 1.165) is 41.1 Å². The summed E-state index contributed by atoms with van der Waals surface area (Å²) in [5, 5.41) is 0. The molecule has 0 unspecified atom stereocenters. The normalized spacial score (nSPS) is 13.7. The van der Waals surface area contributed by atoms with Crippen LogP contribution >= 0.6 is 20.7 Å². The number of aliphatic imine (C=N–C) groups is 2. The van der Waals surface area contributed by atoms with Crippen molar-refractivity contribution >= 4 is 33.9 Å². The van der Waals surface area contributed by atoms with Gasteiger partial charge >= 0.3 is 0 Å². The Balaban J connectivity index is 1.11. The summed E-state index contributed by atoms with van der Waals surface area (Å²) in [6, 6.07) is 56.1. The van der Waals surface area contributed by atoms with Gasteiger partial charge in [0.25, 0.3) is 0 Å². The van der Waals surface area contributed by atoms with Gasteiger partial charge in [0.1, 0.15) is 7.35 Å². The van der Waals surface area contributed by atoms with Gasteiger partial charge in [-0.1, -0.05) is 204 Å². The zero-order chi connectivity index (χ0) is 45.6. The van der Waals surface area contributed by atoms with Gasteiger partial charge in [0.15, 0.2) is 5.84 Å². The summed E-state index contributed by atoms with van der Waals surface area (Å²) in [5.74, 6) is 0.757. The number of hydrogen-bond donors (Lipinski definition) is 0. The molecule has 0 radical (unpaired) electrons. The van der Waals surface area contributed by atoms with Crippen LogP contribution in [0.1, 0.15) is 122 Å². The van der Waals surface area contributed by atoms with Gasteiger partial charge in [-0.3, -0.25) is 4.98 Å². The molecule has 0 amide bonds. The largest absolute Gasteiger partial charge is 0.256 e. The van der Waals surface area contributed by atoms with E-state index in [1.54, 1.807) is 0 Å². The molecule has 0 spiro atoms. The van der Waals surface area contributed by atoms with Crippen LogP contribution in [-0.4, -0.2) is 18.2 Å². The van der Waals surface area contributed by atoms with E-state index in [2.05, 4.69) is 235 Å². The van der Waals surface area contributed by atoms with Crippen molar-refractivity contribution in [1.82, 2.24) is 4.98 Å². The molecule has 324 valence electrons. The van der Waals surface area contributed by atoms with Gasteiger partial charge in [-0.2, -0.15) is 0 Å². The van der Waals surface area contributed by atoms with Gasteiger partial charge in [0.05, 0.1) is 5.69 Å². The Labute approximate surface area is 392 Å². The van der Waals surface area contributed by atoms with Crippen LogP contribution in [0.2, 0.25) is 0 Å². The highest BCUT2D eigenvalue weighted by Crippen LogP contribution is 2.36. The van der Waals surface area contributed by atoms with E-state index in [1.807, 2.05) is 6.20 Å². The first-order valence-electron chi connectivity index (χ1n) is 22.5. The molecule has 64 heavy (non-hydrogen) atoms. The zero-order valence-corrected chi connectivity index (χ0v) is 41.9. The monoisotopic (exact) mass is 951 g/mol. The Hall–Kier alpha value is -5.59. The van der Waals surface area contributed by atoms with E-state index < -0.39 is 20.7 Å². The minimum atomic E-state index is -0.669. The number of benzene rings is 6. The van der Waals surface area contributed by atoms with E-state index in [-0.39, 0.29) is 21.7 Å². The molecule has 0 atom stereocenters. The minimum Gasteiger partial charge on any atom is -0.256 e. The molecule has 8 rings (SSSR count). The van der Waals surface area contributed by atoms with Gasteiger partial charge in [-0.05, 0) is 128 Å². The van der Waals surface area contributed by atoms with Crippen LogP contribution in [0.3, 0.4) is 0 Å². The van der Waals surface area contributed by atoms with Gasteiger partial charge < -0.3 is 0 Å². The third-order valence-corrected chi connectivity index (χ3v) is 15.0. The van der Waals surface area contributed by atoms with Crippen LogP contribution in [0, 0.1) is 0 Å². The molecule has 0 saturated carbocycles. The third kappa shape index (κ3) is 10.2. The molecule has 1 aliphatic heterocycles. The van der Waals surface area contributed by atoms with Crippen molar-refractivity contribution in [2.75, 3.05) is 0 Å². The van der Waals surface area contributed by atoms with E-state index in [9.17, 15) is 0 Å². The predicted octanol–water partition coefficient (Wildman–Crippen LogP) is 16.3. The number of amidine groups is 1. The van der Waals surface area contributed by atoms with Crippen molar-refractivity contribution in [2.24, 2.45) is 9.98 Å². The molecule has 1 aromatic heterocycles. The number of rotatable bonds is 7. The lowest BCUT2D eigenvalue weighted by atomic mass is 9.85. The van der Waals surface area contributed by atoms with Crippen molar-refractivity contribution in [2.45, 2.75) is 105 Å². The Morgan fingerprint density at radius 3 is 1.00 bits per heavy atom. The average molecular weight is 952 g/mol. The second-order valence-corrected chi connectivity index (χ2v) is 23.9. The van der Waals surface area contributed by atoms with Crippen LogP contribution in [0.15, 0.2) is 168 Å². The molecule has 1 aliphatic rings. The van der Waals surface area contributed by atoms with Crippen molar-refractivity contribution in [3.63, 3.8) is 0 Å². The van der Waals surface area contributed by atoms with Crippen molar-refractivity contribution in [3.8, 4) is 44.6 Å². The maximum Gasteiger partial charge on any atom is 0.161 e. The lowest BCUT2D eigenvalue weighted by Crippen LogP contribution is -2.14. The van der Waals surface area contributed by atoms with Gasteiger partial charge in [-0.15, -0.1) is 0 Å². The van der Waals surface area contributed by atoms with E-state index >= 15 is 0 Å². The minimum absolute atomic E-state index is 0.0694. The SMILES string of the molecule is CC(C)(C)c1ccc(C2=NC(c3ccc(C(C)(C)C)cc3)=IC(c3ccc(-c4ccc(-c5cc(-c6ccc(C(C)(C)C)cc6)cc(-c6ccc(C(C)(C)C)cc6)c5)cc4)nc3)=N2)cc1. The van der Waals surface area contributed by atoms with Gasteiger partial charge in [0.2, 0.25) is 0 Å². The first kappa shape index (κ1) is 45.0. The highest BCUT2D eigenvalue weighted by molar-refractivity contribution is 14.2. The molecular weight excluding hydrogens is 890 g/mol. The summed E-state index contributed by atoms with van der Waals surface area (Å²) in [5.41, 5.74) is 18.1. The third-order valence-electron chi connectivity index (χ3n) is 12.2. The fraction of sp³-hybridized carbons (Fsp3) is 0.267. The summed E-state index contributed by atoms with van der Waals surface area (Å²) in [7, 11) is 0. The van der Waals surface area contributed by atoms with Crippen molar-refractivity contribution < 1.29 is 0 Å². The maximum atomic E-state index is 5.24. The van der Waals surface area contributed by atoms with Crippen LogP contribution in [0.5, 0.6) is 0 Å². The number of aromatic nitrogens is 1. The summed E-state index contributed by atoms with van der Waals surface area (Å²) in [6.45, 7) is 27.1. The highest BCUT2D eigenvalue weighted by atomic mass is 127. The summed E-state index contributed by atoms with van der Waals surface area (Å²) in [4.78, 5) is 15.5. The molecule has 4 heteroatoms. The second kappa shape index (κ2) is 17.4. The smallest absolute Gasteiger partial charge is 0.161 e. The lowest BCUT2D eigenvalue weighted by molar-refractivity contribution is 0.590. The lowest BCUT2D eigenvalue weighted by Gasteiger charge is -2.20. The van der Waals surface area contributed by atoms with Gasteiger partial charge in [0, 0.05) is 28.5 Å². The molecule has 0 aliphatic carbocycles. The summed E-state index contributed by atoms with van der Waals surface area (Å²) < 4.78 is 2.19. The quantitative estimate of drug-likeness (QED) is 0.147. The van der Waals surface area contributed by atoms with Crippen LogP contribution in [-0.2, 0) is 21.7 Å². The van der Waals surface area contributed by atoms with Crippen LogP contribution < -0.4 is 0 Å². The van der Waals surface area contributed by atoms with Gasteiger partial charge in [-0.25, -0.2) is 9.98 Å². The fourth-order valence-corrected chi connectivity index (χ4v) is 10.4. The summed E-state index contributed by atoms with van der Waals surface area (Å²) in [6.07, 6.45) is 2.00. The Morgan fingerprint density at radius 2 is 0.641 bits per heavy atom. The first-order valence-corrected chi connectivity index (χ1v) is 24.7. The molecule has 0 bridgehead atoms. The fourth-order valence-electron chi connectivity index (χ4n) is 7.91. The van der Waals surface area contributed by atoms with Crippen LogP contribution in [0.25, 0.3) is 44.6 Å². The van der Waals surface area contributed by atoms with Crippen molar-refractivity contribution in [1.29, 1.82) is 0 Å². The molecule has 0 fully saturated rings. The Morgan fingerprint density at radius 1 is 0.312 bits per heavy atom. The molecule has 0 saturated heterocycles. The maximum absolute atomic E-state index is 5.24. The topological polar surface area (TPSA) is 37.6 Å². The average Bonchev–Trinajstić information content (AvgIpc) is 3.28. The molecular formula is C60H62IN3. The highest BCUT2D eigenvalue weighted by Gasteiger charge is 2.21. The van der Waals surface area contributed by atoms with Crippen molar-refractivity contribution in [3.05, 3.63) is 197 Å². The molecule has 3 nitrogen and oxygen atoms in total. The molecule has 6 aromatic carbocycles. The van der Waals surface area contributed by atoms with E-state index in [1.165, 1.54) is 55.6 Å². The number of hydrogen-bond acceptors (Lipinski definition) is 3. The summed E-state index contributed by atoms with van der Waals surface area (Å²) >= 11 is -0.669. The zero-order valence-electron chi connectivity index (χ0n) is 39.7. The van der Waals surface area contributed by atoms with E-state index in [0.29, 0.717) is 0 Å². The molecule has 7 aromatic rings. The standard InChI is InChI=1S/C60H62IN3/c1-57(2,3)49-26-17-40(18-27-49)47-35-46(36-48(37-47)41-19-28-50(29-20-41)58(4,5)6)39-13-15-42(16-14-39)53-34-25-45(38-62-53)55-61-54(43-21-30-51(31-22-43)59(7,8)9)63-56(64-55)44-23-32-52(33-24-44)60(10,11)12/h13-38H,1-12H3. The van der Waals surface area contributed by atoms with E-state index in [4.69, 9.17) is 15.0 Å². The Bertz CT molecular complexity index is 2730. The second-order valence-electron chi connectivity index (χ2n) is 21.3.